The molecule has 0 saturated carbocycles. The summed E-state index contributed by atoms with van der Waals surface area (Å²) in [5, 5.41) is 3.37. The molecule has 0 atom stereocenters. The third-order valence-electron chi connectivity index (χ3n) is 2.89. The van der Waals surface area contributed by atoms with E-state index in [1.54, 1.807) is 7.11 Å². The predicted octanol–water partition coefficient (Wildman–Crippen LogP) is 4.12. The first-order valence-electron chi connectivity index (χ1n) is 5.74. The summed E-state index contributed by atoms with van der Waals surface area (Å²) < 4.78 is 11.8. The molecule has 0 amide bonds. The molecule has 2 aromatic rings. The molecule has 1 aromatic heterocycles. The quantitative estimate of drug-likeness (QED) is 0.836. The highest BCUT2D eigenvalue weighted by Crippen LogP contribution is 2.29. The molecule has 1 N–H and O–H groups in total. The normalized spacial score (nSPS) is 10.4. The third-order valence-corrected chi connectivity index (χ3v) is 3.47. The van der Waals surface area contributed by atoms with Crippen LogP contribution in [0.4, 0.5) is 5.69 Å². The molecule has 96 valence electrons. The van der Waals surface area contributed by atoms with Gasteiger partial charge in [-0.2, -0.15) is 0 Å². The Morgan fingerprint density at radius 3 is 2.61 bits per heavy atom. The molecule has 0 unspecified atom stereocenters. The molecule has 0 fully saturated rings. The van der Waals surface area contributed by atoms with E-state index >= 15 is 0 Å². The maximum absolute atomic E-state index is 5.52. The molecular weight excluding hydrogens is 341 g/mol. The molecule has 1 heterocycles. The van der Waals surface area contributed by atoms with E-state index in [1.165, 1.54) is 0 Å². The van der Waals surface area contributed by atoms with E-state index in [1.807, 2.05) is 19.1 Å². The molecule has 0 bridgehead atoms. The largest absolute Gasteiger partial charge is 0.496 e. The Morgan fingerprint density at radius 1 is 1.22 bits per heavy atom. The van der Waals surface area contributed by atoms with E-state index in [-0.39, 0.29) is 0 Å². The van der Waals surface area contributed by atoms with Crippen molar-refractivity contribution in [1.29, 1.82) is 0 Å². The number of aryl methyl sites for hydroxylation is 1. The summed E-state index contributed by atoms with van der Waals surface area (Å²) >= 11 is 2.16. The second-order valence-corrected chi connectivity index (χ2v) is 5.21. The fourth-order valence-corrected chi connectivity index (χ4v) is 2.42. The van der Waals surface area contributed by atoms with Gasteiger partial charge in [0.15, 0.2) is 3.77 Å². The molecule has 0 aliphatic heterocycles. The maximum Gasteiger partial charge on any atom is 0.164 e. The zero-order chi connectivity index (χ0) is 13.1. The number of methoxy groups -OCH3 is 1. The second-order valence-electron chi connectivity index (χ2n) is 4.15. The average Bonchev–Trinajstić information content (AvgIpc) is 2.75. The summed E-state index contributed by atoms with van der Waals surface area (Å²) in [6, 6.07) is 8.07. The van der Waals surface area contributed by atoms with Gasteiger partial charge in [0.2, 0.25) is 0 Å². The van der Waals surface area contributed by atoms with Crippen molar-refractivity contribution in [2.75, 3.05) is 12.4 Å². The number of ether oxygens (including phenoxy) is 1. The van der Waals surface area contributed by atoms with Crippen LogP contribution in [-0.2, 0) is 6.54 Å². The van der Waals surface area contributed by atoms with Gasteiger partial charge in [-0.05, 0) is 60.2 Å². The summed E-state index contributed by atoms with van der Waals surface area (Å²) in [7, 11) is 1.70. The Balaban J connectivity index is 2.14. The minimum absolute atomic E-state index is 0.677. The minimum Gasteiger partial charge on any atom is -0.496 e. The smallest absolute Gasteiger partial charge is 0.164 e. The topological polar surface area (TPSA) is 34.4 Å². The standard InChI is InChI=1S/C14H16INO2/c1-9-4-6-12(10(2)14(9)17-3)16-8-11-5-7-13(15)18-11/h4-7,16H,8H2,1-3H3. The summed E-state index contributed by atoms with van der Waals surface area (Å²) in [4.78, 5) is 0. The monoisotopic (exact) mass is 357 g/mol. The van der Waals surface area contributed by atoms with Crippen molar-refractivity contribution in [3.05, 3.63) is 44.9 Å². The van der Waals surface area contributed by atoms with E-state index in [0.29, 0.717) is 6.54 Å². The number of nitrogens with one attached hydrogen (secondary N) is 1. The van der Waals surface area contributed by atoms with Gasteiger partial charge in [0.05, 0.1) is 13.7 Å². The van der Waals surface area contributed by atoms with Crippen LogP contribution >= 0.6 is 22.6 Å². The lowest BCUT2D eigenvalue weighted by Gasteiger charge is -2.14. The number of rotatable bonds is 4. The average molecular weight is 357 g/mol. The summed E-state index contributed by atoms with van der Waals surface area (Å²) in [5.41, 5.74) is 3.34. The van der Waals surface area contributed by atoms with Gasteiger partial charge in [-0.25, -0.2) is 0 Å². The molecule has 2 rings (SSSR count). The van der Waals surface area contributed by atoms with Crippen LogP contribution in [0.1, 0.15) is 16.9 Å². The zero-order valence-electron chi connectivity index (χ0n) is 10.7. The van der Waals surface area contributed by atoms with E-state index in [2.05, 4.69) is 47.0 Å². The molecule has 1 aromatic carbocycles. The minimum atomic E-state index is 0.677. The predicted molar refractivity (Wildman–Crippen MR) is 81.2 cm³/mol. The highest BCUT2D eigenvalue weighted by molar-refractivity contribution is 14.1. The van der Waals surface area contributed by atoms with Gasteiger partial charge >= 0.3 is 0 Å². The fourth-order valence-electron chi connectivity index (χ4n) is 1.96. The summed E-state index contributed by atoms with van der Waals surface area (Å²) in [6.07, 6.45) is 0. The number of furan rings is 1. The van der Waals surface area contributed by atoms with Gasteiger partial charge in [-0.1, -0.05) is 6.07 Å². The molecule has 0 saturated heterocycles. The van der Waals surface area contributed by atoms with Gasteiger partial charge in [0.25, 0.3) is 0 Å². The van der Waals surface area contributed by atoms with E-state index in [0.717, 1.165) is 32.1 Å². The Hall–Kier alpha value is -1.17. The fraction of sp³-hybridized carbons (Fsp3) is 0.286. The number of hydrogen-bond acceptors (Lipinski definition) is 3. The lowest BCUT2D eigenvalue weighted by molar-refractivity contribution is 0.409. The Labute approximate surface area is 121 Å². The van der Waals surface area contributed by atoms with Gasteiger partial charge < -0.3 is 14.5 Å². The van der Waals surface area contributed by atoms with Gasteiger partial charge in [-0.3, -0.25) is 0 Å². The molecule has 0 aliphatic rings. The number of anilines is 1. The SMILES string of the molecule is COc1c(C)ccc(NCc2ccc(I)o2)c1C. The molecule has 0 spiro atoms. The van der Waals surface area contributed by atoms with Crippen LogP contribution < -0.4 is 10.1 Å². The van der Waals surface area contributed by atoms with Crippen LogP contribution in [0.25, 0.3) is 0 Å². The molecule has 4 heteroatoms. The van der Waals surface area contributed by atoms with Crippen LogP contribution in [0.5, 0.6) is 5.75 Å². The molecular formula is C14H16INO2. The summed E-state index contributed by atoms with van der Waals surface area (Å²) in [6.45, 7) is 4.78. The van der Waals surface area contributed by atoms with Crippen LogP contribution in [0.2, 0.25) is 0 Å². The maximum atomic E-state index is 5.52. The Morgan fingerprint density at radius 2 is 2.00 bits per heavy atom. The van der Waals surface area contributed by atoms with Crippen molar-refractivity contribution in [3.8, 4) is 5.75 Å². The van der Waals surface area contributed by atoms with Crippen molar-refractivity contribution in [2.24, 2.45) is 0 Å². The van der Waals surface area contributed by atoms with Gasteiger partial charge in [0, 0.05) is 11.3 Å². The van der Waals surface area contributed by atoms with Crippen molar-refractivity contribution >= 4 is 28.3 Å². The number of halogens is 1. The Kier molecular flexibility index (Phi) is 4.16. The van der Waals surface area contributed by atoms with Crippen molar-refractivity contribution < 1.29 is 9.15 Å². The van der Waals surface area contributed by atoms with Crippen LogP contribution in [0.3, 0.4) is 0 Å². The zero-order valence-corrected chi connectivity index (χ0v) is 12.9. The first-order chi connectivity index (χ1) is 8.61. The molecule has 3 nitrogen and oxygen atoms in total. The van der Waals surface area contributed by atoms with E-state index < -0.39 is 0 Å². The van der Waals surface area contributed by atoms with Crippen molar-refractivity contribution in [3.63, 3.8) is 0 Å². The first-order valence-corrected chi connectivity index (χ1v) is 6.82. The lowest BCUT2D eigenvalue weighted by Crippen LogP contribution is -2.02. The van der Waals surface area contributed by atoms with E-state index in [4.69, 9.17) is 9.15 Å². The molecule has 18 heavy (non-hydrogen) atoms. The number of benzene rings is 1. The van der Waals surface area contributed by atoms with Crippen LogP contribution in [0.15, 0.2) is 28.7 Å². The molecule has 0 radical (unpaired) electrons. The van der Waals surface area contributed by atoms with Crippen LogP contribution in [0, 0.1) is 17.6 Å². The third kappa shape index (κ3) is 2.80. The summed E-state index contributed by atoms with van der Waals surface area (Å²) in [5.74, 6) is 1.87. The van der Waals surface area contributed by atoms with Crippen molar-refractivity contribution in [1.82, 2.24) is 0 Å². The van der Waals surface area contributed by atoms with Gasteiger partial charge in [-0.15, -0.1) is 0 Å². The second kappa shape index (κ2) is 5.65. The van der Waals surface area contributed by atoms with Crippen LogP contribution in [-0.4, -0.2) is 7.11 Å². The number of hydrogen-bond donors (Lipinski definition) is 1. The van der Waals surface area contributed by atoms with E-state index in [9.17, 15) is 0 Å². The van der Waals surface area contributed by atoms with Gasteiger partial charge in [0.1, 0.15) is 11.5 Å². The highest BCUT2D eigenvalue weighted by atomic mass is 127. The Bertz CT molecular complexity index is 549. The lowest BCUT2D eigenvalue weighted by atomic mass is 10.1. The van der Waals surface area contributed by atoms with Crippen molar-refractivity contribution in [2.45, 2.75) is 20.4 Å². The first kappa shape index (κ1) is 13.3. The molecule has 0 aliphatic carbocycles. The highest BCUT2D eigenvalue weighted by Gasteiger charge is 2.08.